The third-order valence-corrected chi connectivity index (χ3v) is 5.26. The lowest BCUT2D eigenvalue weighted by Crippen LogP contribution is -2.55. The molecule has 2 aliphatic heterocycles. The predicted octanol–water partition coefficient (Wildman–Crippen LogP) is 1.49. The van der Waals surface area contributed by atoms with Gasteiger partial charge in [-0.3, -0.25) is 14.5 Å². The first-order valence-electron chi connectivity index (χ1n) is 7.69. The first kappa shape index (κ1) is 15.1. The Kier molecular flexibility index (Phi) is 3.72. The van der Waals surface area contributed by atoms with Crippen molar-refractivity contribution in [3.05, 3.63) is 23.7 Å². The maximum absolute atomic E-state index is 12.0. The van der Waals surface area contributed by atoms with Crippen LogP contribution in [0, 0.1) is 12.8 Å². The van der Waals surface area contributed by atoms with Crippen LogP contribution in [0.25, 0.3) is 0 Å². The fourth-order valence-electron chi connectivity index (χ4n) is 3.87. The van der Waals surface area contributed by atoms with Gasteiger partial charge < -0.3 is 14.4 Å². The lowest BCUT2D eigenvalue weighted by atomic mass is 9.77. The van der Waals surface area contributed by atoms with Crippen molar-refractivity contribution in [1.82, 2.24) is 9.80 Å². The molecule has 2 aliphatic rings. The van der Waals surface area contributed by atoms with Crippen LogP contribution < -0.4 is 0 Å². The summed E-state index contributed by atoms with van der Waals surface area (Å²) in [4.78, 5) is 27.4. The fourth-order valence-corrected chi connectivity index (χ4v) is 3.87. The third kappa shape index (κ3) is 2.41. The number of carboxylic acid groups (broad SMARTS) is 1. The lowest BCUT2D eigenvalue weighted by Gasteiger charge is -2.45. The number of carboxylic acids is 1. The van der Waals surface area contributed by atoms with Crippen molar-refractivity contribution in [2.75, 3.05) is 20.1 Å². The summed E-state index contributed by atoms with van der Waals surface area (Å²) in [6.07, 6.45) is 1.53. The highest BCUT2D eigenvalue weighted by Gasteiger charge is 2.55. The van der Waals surface area contributed by atoms with Gasteiger partial charge in [0.05, 0.1) is 18.0 Å². The van der Waals surface area contributed by atoms with Crippen LogP contribution >= 0.6 is 0 Å². The second-order valence-corrected chi connectivity index (χ2v) is 6.44. The molecule has 3 rings (SSSR count). The van der Waals surface area contributed by atoms with Crippen molar-refractivity contribution in [2.24, 2.45) is 5.92 Å². The van der Waals surface area contributed by atoms with Crippen LogP contribution in [0.4, 0.5) is 0 Å². The van der Waals surface area contributed by atoms with Gasteiger partial charge in [-0.1, -0.05) is 0 Å². The summed E-state index contributed by atoms with van der Waals surface area (Å²) < 4.78 is 5.60. The zero-order valence-electron chi connectivity index (χ0n) is 13.0. The average Bonchev–Trinajstić information content (AvgIpc) is 2.99. The summed E-state index contributed by atoms with van der Waals surface area (Å²) in [6.45, 7) is 4.22. The molecule has 1 spiro atoms. The quantitative estimate of drug-likeness (QED) is 0.915. The second-order valence-electron chi connectivity index (χ2n) is 6.44. The molecular weight excluding hydrogens is 284 g/mol. The minimum Gasteiger partial charge on any atom is -0.481 e. The molecule has 2 fully saturated rings. The Hall–Kier alpha value is -1.82. The van der Waals surface area contributed by atoms with Crippen LogP contribution in [0.5, 0.6) is 0 Å². The van der Waals surface area contributed by atoms with Gasteiger partial charge in [-0.15, -0.1) is 0 Å². The number of aryl methyl sites for hydroxylation is 1. The molecule has 1 atom stereocenters. The van der Waals surface area contributed by atoms with Gasteiger partial charge in [-0.25, -0.2) is 0 Å². The molecule has 0 saturated carbocycles. The van der Waals surface area contributed by atoms with E-state index in [1.54, 1.807) is 11.9 Å². The number of aliphatic carboxylic acids is 1. The number of nitrogens with zero attached hydrogens (tertiary/aromatic N) is 2. The molecule has 1 N–H and O–H groups in total. The van der Waals surface area contributed by atoms with Crippen LogP contribution in [-0.2, 0) is 16.1 Å². The topological polar surface area (TPSA) is 74.0 Å². The maximum Gasteiger partial charge on any atom is 0.309 e. The highest BCUT2D eigenvalue weighted by Crippen LogP contribution is 2.42. The summed E-state index contributed by atoms with van der Waals surface area (Å²) in [5.74, 6) is 0.336. The number of rotatable bonds is 3. The Labute approximate surface area is 129 Å². The summed E-state index contributed by atoms with van der Waals surface area (Å²) in [7, 11) is 1.75. The Balaban J connectivity index is 1.69. The third-order valence-electron chi connectivity index (χ3n) is 5.26. The molecule has 3 heterocycles. The SMILES string of the molecule is Cc1ccc(CN2CCC3(CC2)C(C(=O)O)CC(=O)N3C)o1. The first-order chi connectivity index (χ1) is 10.4. The van der Waals surface area contributed by atoms with Crippen LogP contribution in [0.2, 0.25) is 0 Å². The van der Waals surface area contributed by atoms with Crippen molar-refractivity contribution in [2.45, 2.75) is 38.3 Å². The van der Waals surface area contributed by atoms with Crippen LogP contribution in [-0.4, -0.2) is 52.5 Å². The summed E-state index contributed by atoms with van der Waals surface area (Å²) >= 11 is 0. The molecule has 1 aromatic heterocycles. The van der Waals surface area contributed by atoms with E-state index in [0.29, 0.717) is 12.8 Å². The standard InChI is InChI=1S/C16H22N2O4/c1-11-3-4-12(22-11)10-18-7-5-16(6-8-18)13(15(20)21)9-14(19)17(16)2/h3-4,13H,5-10H2,1-2H3,(H,20,21). The second kappa shape index (κ2) is 5.43. The molecule has 0 aliphatic carbocycles. The van der Waals surface area contributed by atoms with Gasteiger partial charge in [0.2, 0.25) is 5.91 Å². The van der Waals surface area contributed by atoms with E-state index in [4.69, 9.17) is 4.42 Å². The first-order valence-corrected chi connectivity index (χ1v) is 7.69. The number of hydrogen-bond acceptors (Lipinski definition) is 4. The zero-order valence-corrected chi connectivity index (χ0v) is 13.0. The monoisotopic (exact) mass is 306 g/mol. The molecule has 0 radical (unpaired) electrons. The largest absolute Gasteiger partial charge is 0.481 e. The van der Waals surface area contributed by atoms with E-state index in [9.17, 15) is 14.7 Å². The van der Waals surface area contributed by atoms with Gasteiger partial charge in [0.1, 0.15) is 11.5 Å². The normalized spacial score (nSPS) is 25.1. The van der Waals surface area contributed by atoms with Gasteiger partial charge >= 0.3 is 5.97 Å². The van der Waals surface area contributed by atoms with Crippen molar-refractivity contribution in [3.8, 4) is 0 Å². The molecule has 0 bridgehead atoms. The summed E-state index contributed by atoms with van der Waals surface area (Å²) in [6, 6.07) is 3.93. The van der Waals surface area contributed by atoms with Crippen molar-refractivity contribution in [3.63, 3.8) is 0 Å². The Morgan fingerprint density at radius 1 is 1.41 bits per heavy atom. The molecule has 22 heavy (non-hydrogen) atoms. The average molecular weight is 306 g/mol. The van der Waals surface area contributed by atoms with E-state index < -0.39 is 17.4 Å². The van der Waals surface area contributed by atoms with Crippen LogP contribution in [0.1, 0.15) is 30.8 Å². The summed E-state index contributed by atoms with van der Waals surface area (Å²) in [5, 5.41) is 9.46. The van der Waals surface area contributed by atoms with E-state index in [0.717, 1.165) is 31.2 Å². The van der Waals surface area contributed by atoms with E-state index in [1.807, 2.05) is 19.1 Å². The van der Waals surface area contributed by atoms with Gasteiger partial charge in [-0.2, -0.15) is 0 Å². The van der Waals surface area contributed by atoms with Gasteiger partial charge in [-0.05, 0) is 31.9 Å². The van der Waals surface area contributed by atoms with E-state index >= 15 is 0 Å². The molecular formula is C16H22N2O4. The molecule has 6 nitrogen and oxygen atoms in total. The van der Waals surface area contributed by atoms with Gasteiger partial charge in [0.15, 0.2) is 0 Å². The smallest absolute Gasteiger partial charge is 0.309 e. The molecule has 1 aromatic rings. The van der Waals surface area contributed by atoms with Crippen molar-refractivity contribution >= 4 is 11.9 Å². The highest BCUT2D eigenvalue weighted by molar-refractivity contribution is 5.88. The number of carbonyl (C=O) groups is 2. The molecule has 0 aromatic carbocycles. The molecule has 1 amide bonds. The maximum atomic E-state index is 12.0. The lowest BCUT2D eigenvalue weighted by molar-refractivity contribution is -0.146. The predicted molar refractivity (Wildman–Crippen MR) is 79.2 cm³/mol. The Bertz CT molecular complexity index is 587. The molecule has 1 unspecified atom stereocenters. The fraction of sp³-hybridized carbons (Fsp3) is 0.625. The Morgan fingerprint density at radius 2 is 2.09 bits per heavy atom. The number of piperidine rings is 1. The van der Waals surface area contributed by atoms with Crippen LogP contribution in [0.15, 0.2) is 16.5 Å². The van der Waals surface area contributed by atoms with Crippen LogP contribution in [0.3, 0.4) is 0 Å². The molecule has 2 saturated heterocycles. The minimum atomic E-state index is -0.854. The molecule has 6 heteroatoms. The summed E-state index contributed by atoms with van der Waals surface area (Å²) in [5.41, 5.74) is -0.515. The molecule has 120 valence electrons. The van der Waals surface area contributed by atoms with E-state index in [1.165, 1.54) is 0 Å². The zero-order chi connectivity index (χ0) is 15.9. The Morgan fingerprint density at radius 3 is 2.64 bits per heavy atom. The number of hydrogen-bond donors (Lipinski definition) is 1. The van der Waals surface area contributed by atoms with E-state index in [2.05, 4.69) is 4.90 Å². The van der Waals surface area contributed by atoms with Gasteiger partial charge in [0, 0.05) is 26.6 Å². The van der Waals surface area contributed by atoms with Gasteiger partial charge in [0.25, 0.3) is 0 Å². The van der Waals surface area contributed by atoms with Crippen molar-refractivity contribution in [1.29, 1.82) is 0 Å². The number of likely N-dealkylation sites (tertiary alicyclic amines) is 2. The van der Waals surface area contributed by atoms with Crippen molar-refractivity contribution < 1.29 is 19.1 Å². The number of amides is 1. The number of carbonyl (C=O) groups excluding carboxylic acids is 1. The van der Waals surface area contributed by atoms with E-state index in [-0.39, 0.29) is 12.3 Å². The highest BCUT2D eigenvalue weighted by atomic mass is 16.4. The minimum absolute atomic E-state index is 0.0532. The number of furan rings is 1.